The molecule has 2 rings (SSSR count). The maximum absolute atomic E-state index is 14.6. The summed E-state index contributed by atoms with van der Waals surface area (Å²) in [6.07, 6.45) is -8.58. The molecule has 19 heteroatoms. The smallest absolute Gasteiger partial charge is 0.460 e. The van der Waals surface area contributed by atoms with Crippen molar-refractivity contribution in [1.82, 2.24) is 4.90 Å². The van der Waals surface area contributed by atoms with Gasteiger partial charge < -0.3 is 29.5 Å². The lowest BCUT2D eigenvalue weighted by molar-refractivity contribution is -0.422. The van der Waals surface area contributed by atoms with E-state index < -0.39 is 67.7 Å². The number of amides is 2. The van der Waals surface area contributed by atoms with E-state index in [1.807, 2.05) is 5.32 Å². The number of hydrogen-bond donors (Lipinski definition) is 2. The van der Waals surface area contributed by atoms with Crippen LogP contribution in [0, 0.1) is 0 Å². The second-order valence-corrected chi connectivity index (χ2v) is 9.49. The number of carbonyl (C=O) groups is 2. The average molecular weight is 684 g/mol. The Hall–Kier alpha value is -4.03. The van der Waals surface area contributed by atoms with Gasteiger partial charge in [0.2, 0.25) is 0 Å². The number of carbonyl (C=O) groups excluding carboxylic acids is 1. The van der Waals surface area contributed by atoms with Crippen LogP contribution in [0.4, 0.5) is 58.8 Å². The fraction of sp³-hybridized carbons (Fsp3) is 0.481. The molecule has 0 saturated carbocycles. The van der Waals surface area contributed by atoms with Crippen molar-refractivity contribution < 1.29 is 77.2 Å². The lowest BCUT2D eigenvalue weighted by Crippen LogP contribution is -2.68. The summed E-state index contributed by atoms with van der Waals surface area (Å²) in [5.74, 6) is -30.1. The van der Waals surface area contributed by atoms with Gasteiger partial charge in [0.05, 0.1) is 20.2 Å². The Kier molecular flexibility index (Phi) is 12.1. The molecule has 0 saturated heterocycles. The first kappa shape index (κ1) is 38.2. The van der Waals surface area contributed by atoms with Crippen LogP contribution in [-0.2, 0) is 16.0 Å². The van der Waals surface area contributed by atoms with E-state index in [1.165, 1.54) is 49.6 Å². The summed E-state index contributed by atoms with van der Waals surface area (Å²) in [6, 6.07) is 8.59. The SMILES string of the molecule is CCOC(Cc1ccc(OCCN(CC(F)(F)C(F)(F)C(F)(F)C(F)(F)C(F)(F)F)C(=O)Nc2cccc(OC)c2)cc1)C(=O)O. The van der Waals surface area contributed by atoms with Crippen molar-refractivity contribution in [2.75, 3.05) is 38.7 Å². The van der Waals surface area contributed by atoms with Gasteiger partial charge in [-0.05, 0) is 36.8 Å². The summed E-state index contributed by atoms with van der Waals surface area (Å²) in [4.78, 5) is 23.8. The van der Waals surface area contributed by atoms with Crippen LogP contribution in [0.1, 0.15) is 12.5 Å². The molecule has 0 spiro atoms. The topological polar surface area (TPSA) is 97.3 Å². The Bertz CT molecular complexity index is 1320. The molecule has 2 aromatic carbocycles. The summed E-state index contributed by atoms with van der Waals surface area (Å²) in [5.41, 5.74) is 0.257. The first-order valence-electron chi connectivity index (χ1n) is 13.0. The maximum Gasteiger partial charge on any atom is 0.460 e. The Morgan fingerprint density at radius 1 is 0.870 bits per heavy atom. The average Bonchev–Trinajstić information content (AvgIpc) is 2.96. The van der Waals surface area contributed by atoms with Gasteiger partial charge in [-0.15, -0.1) is 0 Å². The molecule has 46 heavy (non-hydrogen) atoms. The molecule has 258 valence electrons. The number of ether oxygens (including phenoxy) is 3. The molecule has 0 aliphatic rings. The normalized spacial score (nSPS) is 13.6. The summed E-state index contributed by atoms with van der Waals surface area (Å²) >= 11 is 0. The van der Waals surface area contributed by atoms with Crippen LogP contribution in [0.5, 0.6) is 11.5 Å². The first-order valence-corrected chi connectivity index (χ1v) is 13.0. The van der Waals surface area contributed by atoms with Gasteiger partial charge >= 0.3 is 41.9 Å². The van der Waals surface area contributed by atoms with E-state index in [4.69, 9.17) is 14.2 Å². The van der Waals surface area contributed by atoms with Crippen LogP contribution >= 0.6 is 0 Å². The highest BCUT2D eigenvalue weighted by Gasteiger charge is 2.87. The van der Waals surface area contributed by atoms with E-state index in [0.29, 0.717) is 5.56 Å². The molecule has 0 radical (unpaired) electrons. The highest BCUT2D eigenvalue weighted by atomic mass is 19.4. The van der Waals surface area contributed by atoms with Gasteiger partial charge in [0, 0.05) is 24.8 Å². The fourth-order valence-corrected chi connectivity index (χ4v) is 3.73. The van der Waals surface area contributed by atoms with Crippen molar-refractivity contribution in [3.05, 3.63) is 54.1 Å². The third-order valence-corrected chi connectivity index (χ3v) is 6.22. The Labute approximate surface area is 254 Å². The molecule has 0 bridgehead atoms. The second-order valence-electron chi connectivity index (χ2n) is 9.49. The largest absolute Gasteiger partial charge is 0.497 e. The van der Waals surface area contributed by atoms with Crippen molar-refractivity contribution in [3.63, 3.8) is 0 Å². The number of nitrogens with zero attached hydrogens (tertiary/aromatic N) is 1. The lowest BCUT2D eigenvalue weighted by Gasteiger charge is -2.38. The molecule has 0 aliphatic carbocycles. The van der Waals surface area contributed by atoms with Crippen molar-refractivity contribution in [2.45, 2.75) is 49.3 Å². The van der Waals surface area contributed by atoms with Crippen LogP contribution in [0.3, 0.4) is 0 Å². The number of nitrogens with one attached hydrogen (secondary N) is 1. The molecule has 8 nitrogen and oxygen atoms in total. The molecule has 0 heterocycles. The molecular formula is C27H27F11N2O6. The number of hydrogen-bond acceptors (Lipinski definition) is 5. The van der Waals surface area contributed by atoms with Gasteiger partial charge in [-0.3, -0.25) is 0 Å². The maximum atomic E-state index is 14.6. The molecule has 1 atom stereocenters. The summed E-state index contributed by atoms with van der Waals surface area (Å²) in [5, 5.41) is 11.2. The first-order chi connectivity index (χ1) is 21.1. The minimum absolute atomic E-state index is 0.0337. The predicted molar refractivity (Wildman–Crippen MR) is 138 cm³/mol. The third kappa shape index (κ3) is 8.61. The fourth-order valence-electron chi connectivity index (χ4n) is 3.73. The molecule has 1 unspecified atom stereocenters. The van der Waals surface area contributed by atoms with Gasteiger partial charge in [0.25, 0.3) is 0 Å². The van der Waals surface area contributed by atoms with E-state index >= 15 is 0 Å². The van der Waals surface area contributed by atoms with Crippen LogP contribution < -0.4 is 14.8 Å². The molecular weight excluding hydrogens is 657 g/mol. The monoisotopic (exact) mass is 684 g/mol. The molecule has 2 aromatic rings. The van der Waals surface area contributed by atoms with E-state index in [9.17, 15) is 63.0 Å². The van der Waals surface area contributed by atoms with E-state index in [2.05, 4.69) is 0 Å². The van der Waals surface area contributed by atoms with Crippen LogP contribution in [-0.4, -0.2) is 91.4 Å². The minimum Gasteiger partial charge on any atom is -0.497 e. The van der Waals surface area contributed by atoms with Crippen LogP contribution in [0.15, 0.2) is 48.5 Å². The number of carboxylic acids is 1. The molecule has 2 N–H and O–H groups in total. The van der Waals surface area contributed by atoms with E-state index in [1.54, 1.807) is 6.92 Å². The Morgan fingerprint density at radius 3 is 2.00 bits per heavy atom. The Morgan fingerprint density at radius 2 is 1.48 bits per heavy atom. The van der Waals surface area contributed by atoms with E-state index in [0.717, 1.165) is 6.07 Å². The number of halogens is 11. The number of aliphatic carboxylic acids is 1. The zero-order valence-electron chi connectivity index (χ0n) is 23.8. The lowest BCUT2D eigenvalue weighted by atomic mass is 9.97. The number of methoxy groups -OCH3 is 1. The van der Waals surface area contributed by atoms with Gasteiger partial charge in [-0.25, -0.2) is 9.59 Å². The number of anilines is 1. The van der Waals surface area contributed by atoms with Gasteiger partial charge in [-0.1, -0.05) is 18.2 Å². The summed E-state index contributed by atoms with van der Waals surface area (Å²) < 4.78 is 165. The van der Waals surface area contributed by atoms with Crippen LogP contribution in [0.2, 0.25) is 0 Å². The third-order valence-electron chi connectivity index (χ3n) is 6.22. The molecule has 0 fully saturated rings. The molecule has 0 aromatic heterocycles. The van der Waals surface area contributed by atoms with Crippen molar-refractivity contribution in [3.8, 4) is 11.5 Å². The van der Waals surface area contributed by atoms with Crippen molar-refractivity contribution in [1.29, 1.82) is 0 Å². The predicted octanol–water partition coefficient (Wildman–Crippen LogP) is 6.74. The zero-order chi connectivity index (χ0) is 35.1. The molecule has 2 amide bonds. The summed E-state index contributed by atoms with van der Waals surface area (Å²) in [6.45, 7) is -2.98. The number of alkyl halides is 11. The Balaban J connectivity index is 2.30. The van der Waals surface area contributed by atoms with Gasteiger partial charge in [0.1, 0.15) is 18.1 Å². The van der Waals surface area contributed by atoms with Gasteiger partial charge in [0.15, 0.2) is 6.10 Å². The van der Waals surface area contributed by atoms with Crippen molar-refractivity contribution >= 4 is 17.7 Å². The number of benzene rings is 2. The standard InChI is InChI=1S/C27H27F11N2O6/c1-3-45-20(21(41)42)13-16-7-9-18(10-8-16)46-12-11-40(22(43)39-17-5-4-6-19(14-17)44-2)15-23(28,29)24(30,31)25(32,33)26(34,35)27(36,37)38/h4-10,14,20H,3,11-13,15H2,1-2H3,(H,39,43)(H,41,42). The molecule has 0 aliphatic heterocycles. The number of rotatable bonds is 16. The van der Waals surface area contributed by atoms with Crippen molar-refractivity contribution in [2.24, 2.45) is 0 Å². The highest BCUT2D eigenvalue weighted by molar-refractivity contribution is 5.89. The summed E-state index contributed by atoms with van der Waals surface area (Å²) in [7, 11) is 1.21. The quantitative estimate of drug-likeness (QED) is 0.190. The highest BCUT2D eigenvalue weighted by Crippen LogP contribution is 2.57. The number of urea groups is 1. The zero-order valence-corrected chi connectivity index (χ0v) is 23.8. The van der Waals surface area contributed by atoms with Gasteiger partial charge in [-0.2, -0.15) is 48.3 Å². The minimum atomic E-state index is -7.64. The van der Waals surface area contributed by atoms with E-state index in [-0.39, 0.29) is 35.1 Å². The second kappa shape index (κ2) is 14.6. The van der Waals surface area contributed by atoms with Crippen LogP contribution in [0.25, 0.3) is 0 Å². The number of carboxylic acid groups (broad SMARTS) is 1.